The molecule has 0 bridgehead atoms. The van der Waals surface area contributed by atoms with Crippen LogP contribution < -0.4 is 18.9 Å². The molecule has 0 atom stereocenters. The molecule has 12 heteroatoms. The summed E-state index contributed by atoms with van der Waals surface area (Å²) in [6.45, 7) is 1.55. The third kappa shape index (κ3) is 10.4. The molecule has 0 saturated carbocycles. The Labute approximate surface area is 235 Å². The van der Waals surface area contributed by atoms with Crippen molar-refractivity contribution in [3.05, 3.63) is 83.4 Å². The second-order valence-corrected chi connectivity index (χ2v) is 8.21. The topological polar surface area (TPSA) is 167 Å². The van der Waals surface area contributed by atoms with Gasteiger partial charge in [0.15, 0.2) is 0 Å². The maximum absolute atomic E-state index is 11.9. The molecule has 12 nitrogen and oxygen atoms in total. The van der Waals surface area contributed by atoms with Gasteiger partial charge >= 0.3 is 17.9 Å². The first kappa shape index (κ1) is 30.7. The van der Waals surface area contributed by atoms with E-state index in [1.54, 1.807) is 30.3 Å². The second kappa shape index (κ2) is 16.3. The highest BCUT2D eigenvalue weighted by Crippen LogP contribution is 2.28. The molecular formula is C29H30O12. The average molecular weight is 571 g/mol. The number of rotatable bonds is 19. The predicted molar refractivity (Wildman–Crippen MR) is 144 cm³/mol. The van der Waals surface area contributed by atoms with Crippen molar-refractivity contribution >= 4 is 17.9 Å². The van der Waals surface area contributed by atoms with Crippen LogP contribution in [0, 0.1) is 0 Å². The highest BCUT2D eigenvalue weighted by molar-refractivity contribution is 5.94. The van der Waals surface area contributed by atoms with Crippen molar-refractivity contribution in [2.24, 2.45) is 0 Å². The van der Waals surface area contributed by atoms with E-state index in [1.165, 1.54) is 36.4 Å². The molecule has 3 aromatic rings. The molecule has 0 fully saturated rings. The Morgan fingerprint density at radius 1 is 0.463 bits per heavy atom. The SMILES string of the molecule is O=C(O)c1ccc(OCCOCCOc2cccc(OCCOCCOc3ccc(C(=O)O)cc3)c2C(=O)O)cc1. The molecule has 218 valence electrons. The zero-order valence-electron chi connectivity index (χ0n) is 22.0. The van der Waals surface area contributed by atoms with Gasteiger partial charge in [-0.15, -0.1) is 0 Å². The maximum Gasteiger partial charge on any atom is 0.343 e. The molecule has 0 aliphatic carbocycles. The Hall–Kier alpha value is -4.81. The van der Waals surface area contributed by atoms with Crippen molar-refractivity contribution in [2.45, 2.75) is 0 Å². The molecule has 3 N–H and O–H groups in total. The number of benzene rings is 3. The van der Waals surface area contributed by atoms with E-state index >= 15 is 0 Å². The van der Waals surface area contributed by atoms with Crippen LogP contribution in [0.1, 0.15) is 31.1 Å². The molecule has 0 amide bonds. The zero-order chi connectivity index (χ0) is 29.5. The molecule has 0 radical (unpaired) electrons. The molecule has 41 heavy (non-hydrogen) atoms. The van der Waals surface area contributed by atoms with Crippen molar-refractivity contribution in [1.29, 1.82) is 0 Å². The molecular weight excluding hydrogens is 540 g/mol. The lowest BCUT2D eigenvalue weighted by Crippen LogP contribution is -2.15. The highest BCUT2D eigenvalue weighted by atomic mass is 16.6. The van der Waals surface area contributed by atoms with Gasteiger partial charge in [0.1, 0.15) is 55.0 Å². The molecule has 3 rings (SSSR count). The lowest BCUT2D eigenvalue weighted by molar-refractivity contribution is 0.0646. The third-order valence-electron chi connectivity index (χ3n) is 5.37. The number of hydrogen-bond donors (Lipinski definition) is 3. The van der Waals surface area contributed by atoms with Gasteiger partial charge in [-0.2, -0.15) is 0 Å². The van der Waals surface area contributed by atoms with E-state index in [2.05, 4.69) is 0 Å². The van der Waals surface area contributed by atoms with Crippen LogP contribution >= 0.6 is 0 Å². The molecule has 0 aliphatic heterocycles. The molecule has 0 saturated heterocycles. The number of hydrogen-bond acceptors (Lipinski definition) is 9. The summed E-state index contributed by atoms with van der Waals surface area (Å²) in [4.78, 5) is 33.6. The minimum absolute atomic E-state index is 0.0964. The van der Waals surface area contributed by atoms with Crippen LogP contribution in [0.3, 0.4) is 0 Å². The van der Waals surface area contributed by atoms with Crippen molar-refractivity contribution < 1.29 is 58.1 Å². The Balaban J connectivity index is 1.32. The smallest absolute Gasteiger partial charge is 0.343 e. The third-order valence-corrected chi connectivity index (χ3v) is 5.37. The van der Waals surface area contributed by atoms with Crippen LogP contribution in [0.4, 0.5) is 0 Å². The van der Waals surface area contributed by atoms with Gasteiger partial charge in [-0.25, -0.2) is 14.4 Å². The minimum Gasteiger partial charge on any atom is -0.491 e. The highest BCUT2D eigenvalue weighted by Gasteiger charge is 2.18. The first-order chi connectivity index (χ1) is 19.8. The molecule has 0 spiro atoms. The van der Waals surface area contributed by atoms with Crippen LogP contribution in [0.15, 0.2) is 66.7 Å². The van der Waals surface area contributed by atoms with Gasteiger partial charge in [-0.3, -0.25) is 0 Å². The van der Waals surface area contributed by atoms with E-state index in [1.807, 2.05) is 0 Å². The molecule has 0 heterocycles. The largest absolute Gasteiger partial charge is 0.491 e. The van der Waals surface area contributed by atoms with E-state index in [-0.39, 0.29) is 81.0 Å². The summed E-state index contributed by atoms with van der Waals surface area (Å²) in [6, 6.07) is 16.7. The average Bonchev–Trinajstić information content (AvgIpc) is 2.96. The second-order valence-electron chi connectivity index (χ2n) is 8.21. The van der Waals surface area contributed by atoms with E-state index in [9.17, 15) is 19.5 Å². The fraction of sp³-hybridized carbons (Fsp3) is 0.276. The Morgan fingerprint density at radius 3 is 1.17 bits per heavy atom. The first-order valence-corrected chi connectivity index (χ1v) is 12.5. The monoisotopic (exact) mass is 570 g/mol. The summed E-state index contributed by atoms with van der Waals surface area (Å²) in [5.74, 6) is -1.93. The van der Waals surface area contributed by atoms with Crippen molar-refractivity contribution in [3.63, 3.8) is 0 Å². The Morgan fingerprint density at radius 2 is 0.829 bits per heavy atom. The standard InChI is InChI=1S/C29H30O12/c30-27(31)20-4-8-22(9-5-20)38-16-12-36-14-18-40-24-2-1-3-25(26(24)29(34)35)41-19-15-37-13-17-39-23-10-6-21(7-11-23)28(32)33/h1-11H,12-19H2,(H,30,31)(H,32,33)(H,34,35). The number of carbonyl (C=O) groups is 3. The summed E-state index contributed by atoms with van der Waals surface area (Å²) in [6.07, 6.45) is 0. The normalized spacial score (nSPS) is 10.5. The number of ether oxygens (including phenoxy) is 6. The van der Waals surface area contributed by atoms with Gasteiger partial charge in [0, 0.05) is 0 Å². The fourth-order valence-electron chi connectivity index (χ4n) is 3.41. The zero-order valence-corrected chi connectivity index (χ0v) is 22.0. The summed E-state index contributed by atoms with van der Waals surface area (Å²) >= 11 is 0. The number of carboxylic acids is 3. The van der Waals surface area contributed by atoms with Crippen LogP contribution in [0.25, 0.3) is 0 Å². The van der Waals surface area contributed by atoms with Crippen molar-refractivity contribution in [3.8, 4) is 23.0 Å². The maximum atomic E-state index is 11.9. The van der Waals surface area contributed by atoms with Crippen molar-refractivity contribution in [1.82, 2.24) is 0 Å². The number of carboxylic acid groups (broad SMARTS) is 3. The first-order valence-electron chi connectivity index (χ1n) is 12.5. The lowest BCUT2D eigenvalue weighted by Gasteiger charge is -2.14. The summed E-state index contributed by atoms with van der Waals surface area (Å²) < 4.78 is 33.1. The van der Waals surface area contributed by atoms with Crippen LogP contribution in [-0.2, 0) is 9.47 Å². The molecule has 0 unspecified atom stereocenters. The van der Waals surface area contributed by atoms with Gasteiger partial charge in [0.25, 0.3) is 0 Å². The molecule has 0 aliphatic rings. The van der Waals surface area contributed by atoms with Gasteiger partial charge in [0.05, 0.1) is 37.6 Å². The van der Waals surface area contributed by atoms with Gasteiger partial charge < -0.3 is 43.7 Å². The summed E-state index contributed by atoms with van der Waals surface area (Å²) in [7, 11) is 0. The van der Waals surface area contributed by atoms with Crippen LogP contribution in [-0.4, -0.2) is 86.1 Å². The van der Waals surface area contributed by atoms with E-state index < -0.39 is 17.9 Å². The van der Waals surface area contributed by atoms with Gasteiger partial charge in [-0.05, 0) is 60.7 Å². The summed E-state index contributed by atoms with van der Waals surface area (Å²) in [5.41, 5.74) is 0.217. The van der Waals surface area contributed by atoms with Crippen LogP contribution in [0.5, 0.6) is 23.0 Å². The fourth-order valence-corrected chi connectivity index (χ4v) is 3.41. The summed E-state index contributed by atoms with van der Waals surface area (Å²) in [5, 5.41) is 27.5. The number of aromatic carboxylic acids is 3. The van der Waals surface area contributed by atoms with E-state index in [0.29, 0.717) is 11.5 Å². The molecule has 3 aromatic carbocycles. The Bertz CT molecular complexity index is 1180. The van der Waals surface area contributed by atoms with E-state index in [0.717, 1.165) is 0 Å². The minimum atomic E-state index is -1.21. The van der Waals surface area contributed by atoms with Crippen molar-refractivity contribution in [2.75, 3.05) is 52.9 Å². The quantitative estimate of drug-likeness (QED) is 0.179. The van der Waals surface area contributed by atoms with E-state index in [4.69, 9.17) is 38.6 Å². The lowest BCUT2D eigenvalue weighted by atomic mass is 10.2. The Kier molecular flexibility index (Phi) is 12.2. The van der Waals surface area contributed by atoms with Gasteiger partial charge in [0.2, 0.25) is 0 Å². The van der Waals surface area contributed by atoms with Gasteiger partial charge in [-0.1, -0.05) is 6.07 Å². The predicted octanol–water partition coefficient (Wildman–Crippen LogP) is 3.73. The van der Waals surface area contributed by atoms with Crippen LogP contribution in [0.2, 0.25) is 0 Å². The molecule has 0 aromatic heterocycles.